The van der Waals surface area contributed by atoms with Gasteiger partial charge >= 0.3 is 0 Å². The van der Waals surface area contributed by atoms with E-state index in [1.807, 2.05) is 18.2 Å². The maximum atomic E-state index is 9.11. The van der Waals surface area contributed by atoms with Crippen molar-refractivity contribution in [3.8, 4) is 5.75 Å². The largest absolute Gasteiger partial charge is 0.495 e. The number of benzene rings is 1. The number of para-hydroxylation sites is 1. The number of nitrogens with one attached hydrogen (secondary N) is 1. The molecule has 1 rings (SSSR count). The minimum atomic E-state index is -0.246. The number of ether oxygens (including phenoxy) is 1. The first kappa shape index (κ1) is 12.6. The van der Waals surface area contributed by atoms with Crippen molar-refractivity contribution in [1.82, 2.24) is 0 Å². The van der Waals surface area contributed by atoms with Gasteiger partial charge in [0.25, 0.3) is 0 Å². The molecular weight excluding hydrogens is 204 g/mol. The summed E-state index contributed by atoms with van der Waals surface area (Å²) in [4.78, 5) is 0. The van der Waals surface area contributed by atoms with Gasteiger partial charge in [0.1, 0.15) is 5.75 Å². The SMILES string of the molecule is COc1cccc(NCCCC(C)O)c1N. The van der Waals surface area contributed by atoms with Crippen LogP contribution >= 0.6 is 0 Å². The lowest BCUT2D eigenvalue weighted by Gasteiger charge is -2.12. The Kier molecular flexibility index (Phi) is 4.92. The van der Waals surface area contributed by atoms with Gasteiger partial charge in [-0.05, 0) is 31.9 Å². The van der Waals surface area contributed by atoms with E-state index in [0.717, 1.165) is 25.1 Å². The summed E-state index contributed by atoms with van der Waals surface area (Å²) in [5.41, 5.74) is 7.41. The number of aliphatic hydroxyl groups excluding tert-OH is 1. The summed E-state index contributed by atoms with van der Waals surface area (Å²) >= 11 is 0. The van der Waals surface area contributed by atoms with E-state index in [1.165, 1.54) is 0 Å². The van der Waals surface area contributed by atoms with Gasteiger partial charge in [0.2, 0.25) is 0 Å². The second-order valence-corrected chi connectivity index (χ2v) is 3.84. The molecular formula is C12H20N2O2. The Hall–Kier alpha value is -1.42. The fourth-order valence-electron chi connectivity index (χ4n) is 1.50. The van der Waals surface area contributed by atoms with Crippen molar-refractivity contribution >= 4 is 11.4 Å². The smallest absolute Gasteiger partial charge is 0.143 e. The average molecular weight is 224 g/mol. The Morgan fingerprint density at radius 2 is 2.25 bits per heavy atom. The zero-order valence-electron chi connectivity index (χ0n) is 9.86. The minimum absolute atomic E-state index is 0.246. The number of methoxy groups -OCH3 is 1. The van der Waals surface area contributed by atoms with Gasteiger partial charge in [-0.1, -0.05) is 6.07 Å². The van der Waals surface area contributed by atoms with Gasteiger partial charge < -0.3 is 20.9 Å². The second-order valence-electron chi connectivity index (χ2n) is 3.84. The van der Waals surface area contributed by atoms with E-state index in [1.54, 1.807) is 14.0 Å². The number of aliphatic hydroxyl groups is 1. The fraction of sp³-hybridized carbons (Fsp3) is 0.500. The Morgan fingerprint density at radius 1 is 1.50 bits per heavy atom. The minimum Gasteiger partial charge on any atom is -0.495 e. The molecule has 0 spiro atoms. The normalized spacial score (nSPS) is 12.2. The molecule has 0 saturated heterocycles. The number of rotatable bonds is 6. The summed E-state index contributed by atoms with van der Waals surface area (Å²) in [6, 6.07) is 5.64. The standard InChI is InChI=1S/C12H20N2O2/c1-9(15)5-4-8-14-10-6-3-7-11(16-2)12(10)13/h3,6-7,9,14-15H,4-5,8,13H2,1-2H3. The number of nitrogens with two attached hydrogens (primary N) is 1. The summed E-state index contributed by atoms with van der Waals surface area (Å²) in [6.07, 6.45) is 1.45. The molecule has 0 aliphatic heterocycles. The lowest BCUT2D eigenvalue weighted by molar-refractivity contribution is 0.183. The van der Waals surface area contributed by atoms with Crippen LogP contribution in [-0.2, 0) is 0 Å². The number of hydrogen-bond donors (Lipinski definition) is 3. The van der Waals surface area contributed by atoms with Crippen molar-refractivity contribution < 1.29 is 9.84 Å². The molecule has 0 aromatic heterocycles. The lowest BCUT2D eigenvalue weighted by atomic mass is 10.2. The molecule has 1 aromatic rings. The van der Waals surface area contributed by atoms with Crippen molar-refractivity contribution in [3.63, 3.8) is 0 Å². The molecule has 0 bridgehead atoms. The van der Waals surface area contributed by atoms with Crippen LogP contribution in [0.25, 0.3) is 0 Å². The quantitative estimate of drug-likeness (QED) is 0.509. The van der Waals surface area contributed by atoms with Crippen molar-refractivity contribution in [3.05, 3.63) is 18.2 Å². The van der Waals surface area contributed by atoms with E-state index in [9.17, 15) is 0 Å². The first-order valence-corrected chi connectivity index (χ1v) is 5.49. The Bertz CT molecular complexity index is 327. The molecule has 1 aromatic carbocycles. The number of anilines is 2. The molecule has 0 radical (unpaired) electrons. The van der Waals surface area contributed by atoms with Crippen LogP contribution in [0.5, 0.6) is 5.75 Å². The maximum absolute atomic E-state index is 9.11. The van der Waals surface area contributed by atoms with E-state index in [0.29, 0.717) is 11.4 Å². The first-order valence-electron chi connectivity index (χ1n) is 5.49. The Morgan fingerprint density at radius 3 is 2.88 bits per heavy atom. The van der Waals surface area contributed by atoms with Gasteiger partial charge in [-0.25, -0.2) is 0 Å². The van der Waals surface area contributed by atoms with Crippen molar-refractivity contribution in [2.24, 2.45) is 0 Å². The summed E-state index contributed by atoms with van der Waals surface area (Å²) < 4.78 is 5.13. The molecule has 90 valence electrons. The van der Waals surface area contributed by atoms with Crippen molar-refractivity contribution in [1.29, 1.82) is 0 Å². The Balaban J connectivity index is 2.47. The summed E-state index contributed by atoms with van der Waals surface area (Å²) in [5.74, 6) is 0.681. The van der Waals surface area contributed by atoms with Crippen molar-refractivity contribution in [2.45, 2.75) is 25.9 Å². The number of hydrogen-bond acceptors (Lipinski definition) is 4. The highest BCUT2D eigenvalue weighted by Gasteiger charge is 2.04. The van der Waals surface area contributed by atoms with Crippen LogP contribution in [0, 0.1) is 0 Å². The molecule has 0 aliphatic carbocycles. The van der Waals surface area contributed by atoms with Gasteiger partial charge in [0, 0.05) is 6.54 Å². The average Bonchev–Trinajstić information content (AvgIpc) is 2.26. The van der Waals surface area contributed by atoms with E-state index in [4.69, 9.17) is 15.6 Å². The zero-order valence-corrected chi connectivity index (χ0v) is 9.86. The third kappa shape index (κ3) is 3.62. The third-order valence-corrected chi connectivity index (χ3v) is 2.40. The molecule has 4 N–H and O–H groups in total. The van der Waals surface area contributed by atoms with E-state index >= 15 is 0 Å². The molecule has 1 unspecified atom stereocenters. The van der Waals surface area contributed by atoms with Crippen LogP contribution in [0.3, 0.4) is 0 Å². The fourth-order valence-corrected chi connectivity index (χ4v) is 1.50. The highest BCUT2D eigenvalue weighted by atomic mass is 16.5. The lowest BCUT2D eigenvalue weighted by Crippen LogP contribution is -2.08. The van der Waals surface area contributed by atoms with Crippen LogP contribution in [-0.4, -0.2) is 24.9 Å². The van der Waals surface area contributed by atoms with Crippen LogP contribution in [0.1, 0.15) is 19.8 Å². The van der Waals surface area contributed by atoms with E-state index in [2.05, 4.69) is 5.32 Å². The molecule has 4 nitrogen and oxygen atoms in total. The first-order chi connectivity index (χ1) is 7.65. The molecule has 0 heterocycles. The topological polar surface area (TPSA) is 67.5 Å². The molecule has 1 atom stereocenters. The molecule has 0 saturated carbocycles. The molecule has 16 heavy (non-hydrogen) atoms. The maximum Gasteiger partial charge on any atom is 0.143 e. The van der Waals surface area contributed by atoms with Gasteiger partial charge in [-0.15, -0.1) is 0 Å². The number of nitrogen functional groups attached to an aromatic ring is 1. The van der Waals surface area contributed by atoms with Crippen LogP contribution < -0.4 is 15.8 Å². The van der Waals surface area contributed by atoms with E-state index < -0.39 is 0 Å². The zero-order chi connectivity index (χ0) is 12.0. The molecule has 4 heteroatoms. The van der Waals surface area contributed by atoms with Crippen molar-refractivity contribution in [2.75, 3.05) is 24.7 Å². The summed E-state index contributed by atoms with van der Waals surface area (Å²) in [6.45, 7) is 2.59. The predicted molar refractivity (Wildman–Crippen MR) is 66.8 cm³/mol. The predicted octanol–water partition coefficient (Wildman–Crippen LogP) is 1.85. The highest BCUT2D eigenvalue weighted by molar-refractivity contribution is 5.72. The van der Waals surface area contributed by atoms with E-state index in [-0.39, 0.29) is 6.10 Å². The van der Waals surface area contributed by atoms with Gasteiger partial charge in [0.15, 0.2) is 0 Å². The summed E-state index contributed by atoms with van der Waals surface area (Å²) in [7, 11) is 1.60. The Labute approximate surface area is 96.4 Å². The second kappa shape index (κ2) is 6.23. The van der Waals surface area contributed by atoms with Gasteiger partial charge in [0.05, 0.1) is 24.6 Å². The monoisotopic (exact) mass is 224 g/mol. The van der Waals surface area contributed by atoms with Crippen LogP contribution in [0.4, 0.5) is 11.4 Å². The molecule has 0 amide bonds. The van der Waals surface area contributed by atoms with Gasteiger partial charge in [-0.3, -0.25) is 0 Å². The van der Waals surface area contributed by atoms with Gasteiger partial charge in [-0.2, -0.15) is 0 Å². The molecule has 0 fully saturated rings. The molecule has 0 aliphatic rings. The van der Waals surface area contributed by atoms with Crippen LogP contribution in [0.15, 0.2) is 18.2 Å². The van der Waals surface area contributed by atoms with Crippen LogP contribution in [0.2, 0.25) is 0 Å². The summed E-state index contributed by atoms with van der Waals surface area (Å²) in [5, 5.41) is 12.3. The highest BCUT2D eigenvalue weighted by Crippen LogP contribution is 2.28. The third-order valence-electron chi connectivity index (χ3n) is 2.40.